The number of aromatic nitrogens is 4. The van der Waals surface area contributed by atoms with Crippen LogP contribution >= 0.6 is 23.4 Å². The minimum Gasteiger partial charge on any atom is -0.370 e. The molecule has 0 saturated carbocycles. The molecule has 0 spiro atoms. The standard InChI is InChI=1S/C20H22ClN9OS/c1-12-15(21)8-5-9-16(12)24-18(22)26-19-23-13(10-17(31)25-19)11-32-20-27-28-29-30(20)14-6-3-2-4-7-14/h2-9,13,19,23H,10-11H2,1H3,(H,25,31)(H3,22,24,26). The maximum atomic E-state index is 12.2. The fourth-order valence-corrected chi connectivity index (χ4v) is 4.26. The molecule has 2 heterocycles. The second-order valence-electron chi connectivity index (χ2n) is 7.11. The molecule has 4 rings (SSSR count). The third kappa shape index (κ3) is 5.36. The Hall–Kier alpha value is -3.15. The molecule has 1 aliphatic heterocycles. The molecule has 1 fully saturated rings. The topological polar surface area (TPSA) is 135 Å². The number of hydrogen-bond acceptors (Lipinski definition) is 7. The van der Waals surface area contributed by atoms with E-state index in [2.05, 4.69) is 36.5 Å². The maximum Gasteiger partial charge on any atom is 0.224 e. The van der Waals surface area contributed by atoms with Crippen LogP contribution in [0.2, 0.25) is 5.02 Å². The summed E-state index contributed by atoms with van der Waals surface area (Å²) in [6.45, 7) is 1.88. The van der Waals surface area contributed by atoms with E-state index in [1.807, 2.05) is 49.4 Å². The highest BCUT2D eigenvalue weighted by molar-refractivity contribution is 7.99. The van der Waals surface area contributed by atoms with Gasteiger partial charge in [0.1, 0.15) is 0 Å². The number of benzene rings is 2. The largest absolute Gasteiger partial charge is 0.370 e. The van der Waals surface area contributed by atoms with Crippen molar-refractivity contribution in [2.24, 2.45) is 10.7 Å². The molecule has 5 N–H and O–H groups in total. The molecule has 0 radical (unpaired) electrons. The summed E-state index contributed by atoms with van der Waals surface area (Å²) in [6, 6.07) is 15.0. The Morgan fingerprint density at radius 3 is 2.94 bits per heavy atom. The first-order chi connectivity index (χ1) is 15.5. The number of nitrogens with one attached hydrogen (secondary N) is 3. The normalized spacial score (nSPS) is 18.9. The van der Waals surface area contributed by atoms with Crippen molar-refractivity contribution in [1.29, 1.82) is 0 Å². The van der Waals surface area contributed by atoms with Crippen molar-refractivity contribution < 1.29 is 4.79 Å². The molecule has 2 unspecified atom stereocenters. The lowest BCUT2D eigenvalue weighted by molar-refractivity contribution is -0.124. The molecule has 166 valence electrons. The Bertz CT molecular complexity index is 1120. The number of hydrogen-bond donors (Lipinski definition) is 4. The van der Waals surface area contributed by atoms with Gasteiger partial charge in [-0.25, -0.2) is 4.99 Å². The van der Waals surface area contributed by atoms with Crippen LogP contribution in [0.5, 0.6) is 0 Å². The average molecular weight is 472 g/mol. The Morgan fingerprint density at radius 1 is 1.31 bits per heavy atom. The number of thioether (sulfide) groups is 1. The van der Waals surface area contributed by atoms with Crippen molar-refractivity contribution >= 4 is 40.9 Å². The van der Waals surface area contributed by atoms with Crippen LogP contribution in [0.3, 0.4) is 0 Å². The van der Waals surface area contributed by atoms with E-state index in [1.165, 1.54) is 11.8 Å². The maximum absolute atomic E-state index is 12.2. The highest BCUT2D eigenvalue weighted by atomic mass is 35.5. The van der Waals surface area contributed by atoms with E-state index in [-0.39, 0.29) is 17.9 Å². The second kappa shape index (κ2) is 9.98. The highest BCUT2D eigenvalue weighted by Gasteiger charge is 2.26. The zero-order chi connectivity index (χ0) is 22.5. The third-order valence-corrected chi connectivity index (χ3v) is 6.27. The summed E-state index contributed by atoms with van der Waals surface area (Å²) in [7, 11) is 0. The summed E-state index contributed by atoms with van der Waals surface area (Å²) >= 11 is 7.61. The van der Waals surface area contributed by atoms with E-state index in [4.69, 9.17) is 17.3 Å². The molecule has 0 bridgehead atoms. The summed E-state index contributed by atoms with van der Waals surface area (Å²) in [6.07, 6.45) is -0.342. The zero-order valence-corrected chi connectivity index (χ0v) is 18.8. The number of rotatable bonds is 6. The van der Waals surface area contributed by atoms with Crippen LogP contribution in [-0.2, 0) is 4.79 Å². The fraction of sp³-hybridized carbons (Fsp3) is 0.250. The predicted molar refractivity (Wildman–Crippen MR) is 125 cm³/mol. The number of carbonyl (C=O) groups excluding carboxylic acids is 1. The van der Waals surface area contributed by atoms with E-state index >= 15 is 0 Å². The third-order valence-electron chi connectivity index (χ3n) is 4.78. The van der Waals surface area contributed by atoms with Crippen molar-refractivity contribution in [3.8, 4) is 5.69 Å². The Labute approximate surface area is 194 Å². The molecule has 1 saturated heterocycles. The number of aliphatic imine (C=N–C) groups is 1. The molecule has 32 heavy (non-hydrogen) atoms. The monoisotopic (exact) mass is 471 g/mol. The van der Waals surface area contributed by atoms with Gasteiger partial charge in [-0.05, 0) is 47.2 Å². The number of halogens is 1. The van der Waals surface area contributed by atoms with Crippen molar-refractivity contribution in [3.63, 3.8) is 0 Å². The molecule has 2 atom stereocenters. The number of tetrazole rings is 1. The molecule has 1 aliphatic rings. The van der Waals surface area contributed by atoms with Gasteiger partial charge in [-0.3, -0.25) is 10.1 Å². The first-order valence-electron chi connectivity index (χ1n) is 9.87. The van der Waals surface area contributed by atoms with Crippen LogP contribution in [0.15, 0.2) is 58.7 Å². The SMILES string of the molecule is Cc1c(Cl)cccc1N/C(N)=N/C1NC(=O)CC(CSc2nnnn2-c2ccccc2)N1. The van der Waals surface area contributed by atoms with Crippen LogP contribution in [0.4, 0.5) is 5.69 Å². The van der Waals surface area contributed by atoms with Crippen molar-refractivity contribution in [2.45, 2.75) is 30.8 Å². The van der Waals surface area contributed by atoms with Gasteiger partial charge in [0, 0.05) is 28.9 Å². The fourth-order valence-electron chi connectivity index (χ4n) is 3.16. The number of amides is 1. The number of nitrogens with two attached hydrogens (primary N) is 1. The van der Waals surface area contributed by atoms with E-state index < -0.39 is 6.29 Å². The van der Waals surface area contributed by atoms with Gasteiger partial charge in [0.05, 0.1) is 5.69 Å². The minimum absolute atomic E-state index is 0.113. The van der Waals surface area contributed by atoms with Gasteiger partial charge in [-0.2, -0.15) is 4.68 Å². The summed E-state index contributed by atoms with van der Waals surface area (Å²) in [5, 5.41) is 22.3. The molecule has 2 aromatic carbocycles. The van der Waals surface area contributed by atoms with Crippen LogP contribution < -0.4 is 21.7 Å². The summed E-state index contributed by atoms with van der Waals surface area (Å²) in [5.41, 5.74) is 8.53. The van der Waals surface area contributed by atoms with E-state index in [0.29, 0.717) is 22.4 Å². The van der Waals surface area contributed by atoms with Gasteiger partial charge in [-0.1, -0.05) is 47.6 Å². The molecule has 12 heteroatoms. The summed E-state index contributed by atoms with van der Waals surface area (Å²) < 4.78 is 1.67. The predicted octanol–water partition coefficient (Wildman–Crippen LogP) is 1.90. The number of guanidine groups is 1. The van der Waals surface area contributed by atoms with E-state index in [1.54, 1.807) is 10.7 Å². The van der Waals surface area contributed by atoms with Gasteiger partial charge < -0.3 is 16.4 Å². The molecular formula is C20H22ClN9OS. The Morgan fingerprint density at radius 2 is 2.12 bits per heavy atom. The minimum atomic E-state index is -0.654. The zero-order valence-electron chi connectivity index (χ0n) is 17.2. The van der Waals surface area contributed by atoms with Gasteiger partial charge in [0.15, 0.2) is 12.2 Å². The highest BCUT2D eigenvalue weighted by Crippen LogP contribution is 2.23. The molecule has 1 aromatic heterocycles. The molecule has 10 nitrogen and oxygen atoms in total. The summed E-state index contributed by atoms with van der Waals surface area (Å²) in [4.78, 5) is 16.6. The van der Waals surface area contributed by atoms with Gasteiger partial charge in [0.25, 0.3) is 0 Å². The van der Waals surface area contributed by atoms with Crippen molar-refractivity contribution in [3.05, 3.63) is 59.1 Å². The quantitative estimate of drug-likeness (QED) is 0.243. The van der Waals surface area contributed by atoms with Crippen LogP contribution in [-0.4, -0.2) is 50.2 Å². The van der Waals surface area contributed by atoms with Gasteiger partial charge in [-0.15, -0.1) is 5.10 Å². The lowest BCUT2D eigenvalue weighted by atomic mass is 10.2. The number of carbonyl (C=O) groups is 1. The Balaban J connectivity index is 1.39. The van der Waals surface area contributed by atoms with Crippen LogP contribution in [0.25, 0.3) is 5.69 Å². The van der Waals surface area contributed by atoms with Crippen molar-refractivity contribution in [2.75, 3.05) is 11.1 Å². The second-order valence-corrected chi connectivity index (χ2v) is 8.50. The van der Waals surface area contributed by atoms with Crippen molar-refractivity contribution in [1.82, 2.24) is 30.8 Å². The van der Waals surface area contributed by atoms with E-state index in [9.17, 15) is 4.79 Å². The van der Waals surface area contributed by atoms with Gasteiger partial charge >= 0.3 is 0 Å². The van der Waals surface area contributed by atoms with E-state index in [0.717, 1.165) is 16.9 Å². The number of para-hydroxylation sites is 1. The smallest absolute Gasteiger partial charge is 0.224 e. The number of nitrogens with zero attached hydrogens (tertiary/aromatic N) is 5. The van der Waals surface area contributed by atoms with Gasteiger partial charge in [0.2, 0.25) is 11.1 Å². The number of anilines is 1. The molecule has 3 aromatic rings. The van der Waals surface area contributed by atoms with Crippen LogP contribution in [0.1, 0.15) is 12.0 Å². The summed E-state index contributed by atoms with van der Waals surface area (Å²) in [5.74, 6) is 0.625. The molecule has 1 amide bonds. The lowest BCUT2D eigenvalue weighted by Crippen LogP contribution is -2.57. The van der Waals surface area contributed by atoms with Crippen LogP contribution in [0, 0.1) is 6.92 Å². The molecular weight excluding hydrogens is 450 g/mol. The Kier molecular flexibility index (Phi) is 6.88. The first-order valence-corrected chi connectivity index (χ1v) is 11.2. The lowest BCUT2D eigenvalue weighted by Gasteiger charge is -2.29. The first kappa shape index (κ1) is 22.1. The molecule has 0 aliphatic carbocycles. The average Bonchev–Trinajstić information content (AvgIpc) is 3.24.